The van der Waals surface area contributed by atoms with Gasteiger partial charge in [0.05, 0.1) is 0 Å². The molecule has 2 rings (SSSR count). The summed E-state index contributed by atoms with van der Waals surface area (Å²) in [5, 5.41) is 9.50. The molecule has 0 unspecified atom stereocenters. The number of aromatic nitrogens is 4. The molecule has 2 N–H and O–H groups in total. The van der Waals surface area contributed by atoms with E-state index in [-0.39, 0.29) is 11.7 Å². The first-order chi connectivity index (χ1) is 7.55. The van der Waals surface area contributed by atoms with E-state index in [1.165, 1.54) is 6.33 Å². The Kier molecular flexibility index (Phi) is 2.60. The fraction of sp³-hybridized carbons (Fsp3) is 0.286. The van der Waals surface area contributed by atoms with Gasteiger partial charge in [-0.05, 0) is 6.92 Å². The molecule has 0 saturated heterocycles. The fourth-order valence-electron chi connectivity index (χ4n) is 1.12. The van der Waals surface area contributed by atoms with Crippen LogP contribution in [0.2, 0.25) is 0 Å². The molecule has 0 aliphatic rings. The Morgan fingerprint density at radius 2 is 2.38 bits per heavy atom. The van der Waals surface area contributed by atoms with Gasteiger partial charge in [0.1, 0.15) is 23.5 Å². The molecule has 0 aliphatic carbocycles. The Morgan fingerprint density at radius 1 is 1.56 bits per heavy atom. The molecular weight excluding hydrogens is 234 g/mol. The lowest BCUT2D eigenvalue weighted by Crippen LogP contribution is -2.16. The molecule has 0 amide bonds. The van der Waals surface area contributed by atoms with Crippen LogP contribution in [0, 0.1) is 6.92 Å². The summed E-state index contributed by atoms with van der Waals surface area (Å²) in [6.07, 6.45) is 1.21. The Hall–Kier alpha value is -1.90. The van der Waals surface area contributed by atoms with E-state index < -0.39 is 10.0 Å². The molecule has 2 heterocycles. The van der Waals surface area contributed by atoms with Gasteiger partial charge >= 0.3 is 0 Å². The first kappa shape index (κ1) is 10.6. The Labute approximate surface area is 91.1 Å². The molecule has 0 aromatic carbocycles. The molecule has 16 heavy (non-hydrogen) atoms. The summed E-state index contributed by atoms with van der Waals surface area (Å²) in [7, 11) is -3.55. The smallest absolute Gasteiger partial charge is 0.240 e. The van der Waals surface area contributed by atoms with Crippen molar-refractivity contribution in [2.24, 2.45) is 0 Å². The van der Waals surface area contributed by atoms with Crippen molar-refractivity contribution in [3.8, 4) is 0 Å². The molecule has 0 bridgehead atoms. The standard InChI is InChI=1S/C7H9N5O3S/c1-5-2-6(11-15-5)3-16(13,14)12-7-8-4-9-10-7/h2,4H,3H2,1H3,(H2,8,9,10,12). The second-order valence-corrected chi connectivity index (χ2v) is 4.85. The third-order valence-electron chi connectivity index (χ3n) is 1.68. The largest absolute Gasteiger partial charge is 0.361 e. The highest BCUT2D eigenvalue weighted by molar-refractivity contribution is 7.91. The molecule has 0 saturated carbocycles. The van der Waals surface area contributed by atoms with Crippen LogP contribution < -0.4 is 4.72 Å². The van der Waals surface area contributed by atoms with Crippen molar-refractivity contribution in [1.82, 2.24) is 20.3 Å². The van der Waals surface area contributed by atoms with E-state index in [0.717, 1.165) is 0 Å². The number of H-pyrrole nitrogens is 1. The van der Waals surface area contributed by atoms with Gasteiger partial charge in [0.2, 0.25) is 16.0 Å². The number of rotatable bonds is 4. The molecule has 86 valence electrons. The van der Waals surface area contributed by atoms with E-state index >= 15 is 0 Å². The van der Waals surface area contributed by atoms with Crippen molar-refractivity contribution in [1.29, 1.82) is 0 Å². The number of aryl methyl sites for hydroxylation is 1. The minimum absolute atomic E-state index is 0.0696. The predicted molar refractivity (Wildman–Crippen MR) is 53.9 cm³/mol. The molecule has 9 heteroatoms. The summed E-state index contributed by atoms with van der Waals surface area (Å²) in [6.45, 7) is 1.69. The summed E-state index contributed by atoms with van der Waals surface area (Å²) in [4.78, 5) is 3.65. The zero-order valence-corrected chi connectivity index (χ0v) is 9.15. The Morgan fingerprint density at radius 3 is 2.94 bits per heavy atom. The second-order valence-electron chi connectivity index (χ2n) is 3.12. The van der Waals surface area contributed by atoms with Gasteiger partial charge in [-0.1, -0.05) is 5.16 Å². The normalized spacial score (nSPS) is 11.6. The van der Waals surface area contributed by atoms with Crippen LogP contribution in [0.3, 0.4) is 0 Å². The third-order valence-corrected chi connectivity index (χ3v) is 2.86. The minimum atomic E-state index is -3.55. The van der Waals surface area contributed by atoms with Gasteiger partial charge < -0.3 is 4.52 Å². The van der Waals surface area contributed by atoms with E-state index in [9.17, 15) is 8.42 Å². The highest BCUT2D eigenvalue weighted by Crippen LogP contribution is 2.08. The predicted octanol–water partition coefficient (Wildman–Crippen LogP) is 0.0430. The van der Waals surface area contributed by atoms with Gasteiger partial charge in [0.25, 0.3) is 0 Å². The Balaban J connectivity index is 2.09. The molecule has 2 aromatic rings. The number of hydrogen-bond donors (Lipinski definition) is 2. The van der Waals surface area contributed by atoms with Gasteiger partial charge in [-0.25, -0.2) is 13.5 Å². The van der Waals surface area contributed by atoms with Crippen molar-refractivity contribution in [2.45, 2.75) is 12.7 Å². The number of nitrogens with one attached hydrogen (secondary N) is 2. The number of hydrogen-bond acceptors (Lipinski definition) is 6. The maximum atomic E-state index is 11.6. The zero-order chi connectivity index (χ0) is 11.6. The van der Waals surface area contributed by atoms with E-state index in [1.807, 2.05) is 0 Å². The van der Waals surface area contributed by atoms with Crippen LogP contribution in [0.25, 0.3) is 0 Å². The van der Waals surface area contributed by atoms with Gasteiger partial charge in [0, 0.05) is 6.07 Å². The highest BCUT2D eigenvalue weighted by atomic mass is 32.2. The third kappa shape index (κ3) is 2.57. The molecule has 0 spiro atoms. The highest BCUT2D eigenvalue weighted by Gasteiger charge is 2.15. The van der Waals surface area contributed by atoms with Gasteiger partial charge in [0.15, 0.2) is 0 Å². The van der Waals surface area contributed by atoms with Crippen LogP contribution in [-0.2, 0) is 15.8 Å². The van der Waals surface area contributed by atoms with Crippen LogP contribution in [0.1, 0.15) is 11.5 Å². The van der Waals surface area contributed by atoms with Crippen molar-refractivity contribution in [2.75, 3.05) is 4.72 Å². The summed E-state index contributed by atoms with van der Waals surface area (Å²) < 4.78 is 30.2. The number of anilines is 1. The van der Waals surface area contributed by atoms with Crippen molar-refractivity contribution in [3.63, 3.8) is 0 Å². The lowest BCUT2D eigenvalue weighted by Gasteiger charge is -2.01. The first-order valence-electron chi connectivity index (χ1n) is 4.33. The molecule has 2 aromatic heterocycles. The summed E-state index contributed by atoms with van der Waals surface area (Å²) in [5.74, 6) is 0.357. The topological polar surface area (TPSA) is 114 Å². The van der Waals surface area contributed by atoms with Crippen LogP contribution in [0.15, 0.2) is 16.9 Å². The molecule has 0 radical (unpaired) electrons. The molecule has 0 aliphatic heterocycles. The second kappa shape index (κ2) is 3.93. The van der Waals surface area contributed by atoms with Gasteiger partial charge in [-0.3, -0.25) is 4.72 Å². The SMILES string of the molecule is Cc1cc(CS(=O)(=O)Nc2ncn[nH]2)no1. The van der Waals surface area contributed by atoms with Crippen LogP contribution in [0.5, 0.6) is 0 Å². The van der Waals surface area contributed by atoms with Crippen molar-refractivity contribution in [3.05, 3.63) is 23.8 Å². The molecular formula is C7H9N5O3S. The first-order valence-corrected chi connectivity index (χ1v) is 5.98. The lowest BCUT2D eigenvalue weighted by molar-refractivity contribution is 0.392. The fourth-order valence-corrected chi connectivity index (χ4v) is 2.11. The number of aromatic amines is 1. The maximum absolute atomic E-state index is 11.6. The maximum Gasteiger partial charge on any atom is 0.240 e. The van der Waals surface area contributed by atoms with E-state index in [2.05, 4.69) is 25.1 Å². The number of sulfonamides is 1. The van der Waals surface area contributed by atoms with E-state index in [4.69, 9.17) is 4.52 Å². The molecule has 0 atom stereocenters. The van der Waals surface area contributed by atoms with E-state index in [0.29, 0.717) is 11.5 Å². The lowest BCUT2D eigenvalue weighted by atomic mass is 10.4. The Bertz CT molecular complexity index is 559. The van der Waals surface area contributed by atoms with Crippen LogP contribution >= 0.6 is 0 Å². The van der Waals surface area contributed by atoms with Crippen LogP contribution in [-0.4, -0.2) is 28.8 Å². The van der Waals surface area contributed by atoms with Crippen molar-refractivity contribution < 1.29 is 12.9 Å². The number of nitrogens with zero attached hydrogens (tertiary/aromatic N) is 3. The van der Waals surface area contributed by atoms with Gasteiger partial charge in [-0.2, -0.15) is 10.1 Å². The summed E-state index contributed by atoms with van der Waals surface area (Å²) >= 11 is 0. The zero-order valence-electron chi connectivity index (χ0n) is 8.34. The van der Waals surface area contributed by atoms with Gasteiger partial charge in [-0.15, -0.1) is 0 Å². The van der Waals surface area contributed by atoms with Crippen LogP contribution in [0.4, 0.5) is 5.95 Å². The molecule has 0 fully saturated rings. The quantitative estimate of drug-likeness (QED) is 0.783. The average Bonchev–Trinajstić information content (AvgIpc) is 2.76. The molecule has 8 nitrogen and oxygen atoms in total. The van der Waals surface area contributed by atoms with Crippen molar-refractivity contribution >= 4 is 16.0 Å². The van der Waals surface area contributed by atoms with E-state index in [1.54, 1.807) is 13.0 Å². The minimum Gasteiger partial charge on any atom is -0.361 e. The summed E-state index contributed by atoms with van der Waals surface area (Å²) in [6, 6.07) is 1.56. The monoisotopic (exact) mass is 243 g/mol. The average molecular weight is 243 g/mol. The summed E-state index contributed by atoms with van der Waals surface area (Å²) in [5.41, 5.74) is 0.338.